The number of primary sulfonamides is 1. The second-order valence-corrected chi connectivity index (χ2v) is 11.0. The molecule has 2 aromatic carbocycles. The Morgan fingerprint density at radius 2 is 1.76 bits per heavy atom. The number of hydrogen-bond acceptors (Lipinski definition) is 8. The first-order chi connectivity index (χ1) is 18.2. The number of nitrogens with zero attached hydrogens (tertiary/aromatic N) is 2. The molecule has 1 fully saturated rings. The van der Waals surface area contributed by atoms with Crippen molar-refractivity contribution in [2.24, 2.45) is 5.14 Å². The molecule has 0 bridgehead atoms. The van der Waals surface area contributed by atoms with Gasteiger partial charge in [0.05, 0.1) is 24.4 Å². The Morgan fingerprint density at radius 3 is 2.39 bits per heavy atom. The fourth-order valence-electron chi connectivity index (χ4n) is 4.47. The van der Waals surface area contributed by atoms with Crippen molar-refractivity contribution < 1.29 is 18.6 Å². The minimum absolute atomic E-state index is 0.0244. The number of piperazine rings is 1. The third-order valence-electron chi connectivity index (χ3n) is 6.53. The van der Waals surface area contributed by atoms with Gasteiger partial charge < -0.3 is 20.5 Å². The van der Waals surface area contributed by atoms with E-state index in [9.17, 15) is 23.4 Å². The van der Waals surface area contributed by atoms with Gasteiger partial charge in [0.25, 0.3) is 5.56 Å². The molecule has 0 spiro atoms. The molecule has 10 nitrogen and oxygen atoms in total. The van der Waals surface area contributed by atoms with Gasteiger partial charge in [0.2, 0.25) is 15.8 Å². The van der Waals surface area contributed by atoms with Gasteiger partial charge in [0, 0.05) is 55.7 Å². The Morgan fingerprint density at radius 1 is 1.11 bits per heavy atom. The highest BCUT2D eigenvalue weighted by molar-refractivity contribution is 7.89. The van der Waals surface area contributed by atoms with Crippen LogP contribution in [-0.4, -0.2) is 71.5 Å². The standard InChI is InChI=1S/C27H31N5O5S/c28-38(36,37)17-23(13-25-26(34)27(35)31-18-30-25)22-9-7-20(8-10-22)2-1-19-3-5-21(6-4-19)15-32-12-11-29-14-24(32)16-33/h3-10,18,23-24,29,33-34H,11-17H2,(H2,28,36,37)(H,30,31,35)/t23-,24+/m1/s1. The predicted molar refractivity (Wildman–Crippen MR) is 144 cm³/mol. The summed E-state index contributed by atoms with van der Waals surface area (Å²) in [6, 6.07) is 15.2. The van der Waals surface area contributed by atoms with Gasteiger partial charge >= 0.3 is 0 Å². The van der Waals surface area contributed by atoms with E-state index >= 15 is 0 Å². The van der Waals surface area contributed by atoms with Crippen LogP contribution in [0.15, 0.2) is 59.7 Å². The number of aliphatic hydroxyl groups excluding tert-OH is 1. The zero-order valence-electron chi connectivity index (χ0n) is 20.8. The van der Waals surface area contributed by atoms with Gasteiger partial charge in [-0.15, -0.1) is 0 Å². The summed E-state index contributed by atoms with van der Waals surface area (Å²) in [6.07, 6.45) is 1.18. The molecule has 0 radical (unpaired) electrons. The summed E-state index contributed by atoms with van der Waals surface area (Å²) in [7, 11) is -3.83. The third-order valence-corrected chi connectivity index (χ3v) is 7.40. The van der Waals surface area contributed by atoms with E-state index in [4.69, 9.17) is 5.14 Å². The molecular weight excluding hydrogens is 506 g/mol. The van der Waals surface area contributed by atoms with Crippen molar-refractivity contribution in [1.29, 1.82) is 0 Å². The van der Waals surface area contributed by atoms with Crippen molar-refractivity contribution in [3.05, 3.63) is 93.2 Å². The van der Waals surface area contributed by atoms with Crippen molar-refractivity contribution in [3.8, 4) is 17.6 Å². The smallest absolute Gasteiger partial charge is 0.293 e. The third kappa shape index (κ3) is 7.50. The van der Waals surface area contributed by atoms with Gasteiger partial charge in [-0.2, -0.15) is 0 Å². The van der Waals surface area contributed by atoms with Crippen LogP contribution in [-0.2, 0) is 23.0 Å². The number of hydrogen-bond donors (Lipinski definition) is 5. The van der Waals surface area contributed by atoms with Gasteiger partial charge in [0.1, 0.15) is 0 Å². The van der Waals surface area contributed by atoms with Crippen LogP contribution in [0.2, 0.25) is 0 Å². The van der Waals surface area contributed by atoms with Gasteiger partial charge in [-0.05, 0) is 35.4 Å². The Hall–Kier alpha value is -3.53. The predicted octanol–water partition coefficient (Wildman–Crippen LogP) is 0.256. The van der Waals surface area contributed by atoms with E-state index in [1.165, 1.54) is 0 Å². The molecule has 200 valence electrons. The van der Waals surface area contributed by atoms with Crippen LogP contribution < -0.4 is 16.0 Å². The summed E-state index contributed by atoms with van der Waals surface area (Å²) in [6.45, 7) is 3.48. The van der Waals surface area contributed by atoms with Crippen molar-refractivity contribution in [2.75, 3.05) is 32.0 Å². The maximum absolute atomic E-state index is 11.8. The first-order valence-corrected chi connectivity index (χ1v) is 14.0. The fraction of sp³-hybridized carbons (Fsp3) is 0.333. The lowest BCUT2D eigenvalue weighted by atomic mass is 9.94. The molecular formula is C27H31N5O5S. The molecule has 4 rings (SSSR count). The lowest BCUT2D eigenvalue weighted by Crippen LogP contribution is -2.52. The normalized spacial score (nSPS) is 16.9. The van der Waals surface area contributed by atoms with Crippen LogP contribution in [0.1, 0.15) is 33.9 Å². The number of benzene rings is 2. The van der Waals surface area contributed by atoms with Crippen molar-refractivity contribution in [2.45, 2.75) is 24.9 Å². The number of aromatic nitrogens is 2. The largest absolute Gasteiger partial charge is 0.502 e. The molecule has 0 saturated carbocycles. The summed E-state index contributed by atoms with van der Waals surface area (Å²) in [5.74, 6) is 4.74. The van der Waals surface area contributed by atoms with Crippen molar-refractivity contribution in [3.63, 3.8) is 0 Å². The Bertz CT molecular complexity index is 1460. The van der Waals surface area contributed by atoms with Crippen LogP contribution in [0.25, 0.3) is 0 Å². The minimum atomic E-state index is -3.83. The minimum Gasteiger partial charge on any atom is -0.502 e. The summed E-state index contributed by atoms with van der Waals surface area (Å²) in [5.41, 5.74) is 2.84. The Balaban J connectivity index is 1.45. The molecule has 1 aromatic heterocycles. The second-order valence-electron chi connectivity index (χ2n) is 9.34. The Labute approximate surface area is 221 Å². The molecule has 11 heteroatoms. The van der Waals surface area contributed by atoms with E-state index < -0.39 is 27.2 Å². The van der Waals surface area contributed by atoms with Gasteiger partial charge in [-0.25, -0.2) is 18.5 Å². The number of nitrogens with one attached hydrogen (secondary N) is 2. The highest BCUT2D eigenvalue weighted by atomic mass is 32.2. The topological polar surface area (TPSA) is 162 Å². The molecule has 0 amide bonds. The first kappa shape index (κ1) is 27.5. The number of sulfonamides is 1. The molecule has 2 heterocycles. The number of aliphatic hydroxyl groups is 1. The average molecular weight is 538 g/mol. The highest BCUT2D eigenvalue weighted by Gasteiger charge is 2.22. The summed E-state index contributed by atoms with van der Waals surface area (Å²) in [4.78, 5) is 20.2. The second kappa shape index (κ2) is 12.3. The lowest BCUT2D eigenvalue weighted by molar-refractivity contribution is 0.0946. The Kier molecular flexibility index (Phi) is 8.93. The first-order valence-electron chi connectivity index (χ1n) is 12.2. The highest BCUT2D eigenvalue weighted by Crippen LogP contribution is 2.24. The molecule has 0 unspecified atom stereocenters. The van der Waals surface area contributed by atoms with E-state index in [1.54, 1.807) is 24.3 Å². The van der Waals surface area contributed by atoms with Crippen LogP contribution in [0.4, 0.5) is 0 Å². The molecule has 1 saturated heterocycles. The number of aromatic hydroxyl groups is 1. The van der Waals surface area contributed by atoms with Gasteiger partial charge in [-0.1, -0.05) is 36.1 Å². The molecule has 6 N–H and O–H groups in total. The van der Waals surface area contributed by atoms with Crippen LogP contribution >= 0.6 is 0 Å². The van der Waals surface area contributed by atoms with Crippen LogP contribution in [0.5, 0.6) is 5.75 Å². The van der Waals surface area contributed by atoms with Crippen molar-refractivity contribution >= 4 is 10.0 Å². The van der Waals surface area contributed by atoms with Gasteiger partial charge in [-0.3, -0.25) is 9.69 Å². The zero-order valence-corrected chi connectivity index (χ0v) is 21.6. The van der Waals surface area contributed by atoms with E-state index in [0.717, 1.165) is 49.2 Å². The van der Waals surface area contributed by atoms with E-state index in [2.05, 4.69) is 32.0 Å². The molecule has 0 aliphatic carbocycles. The molecule has 1 aliphatic heterocycles. The lowest BCUT2D eigenvalue weighted by Gasteiger charge is -2.35. The SMILES string of the molecule is NS(=O)(=O)C[C@@H](Cc1nc[nH]c(=O)c1O)c1ccc(C#Cc2ccc(CN3CCNC[C@H]3CO)cc2)cc1. The van der Waals surface area contributed by atoms with Crippen molar-refractivity contribution in [1.82, 2.24) is 20.2 Å². The average Bonchev–Trinajstić information content (AvgIpc) is 2.90. The number of nitrogens with two attached hydrogens (primary N) is 1. The number of aromatic amines is 1. The van der Waals surface area contributed by atoms with E-state index in [0.29, 0.717) is 5.56 Å². The van der Waals surface area contributed by atoms with E-state index in [1.807, 2.05) is 24.3 Å². The van der Waals surface area contributed by atoms with Gasteiger partial charge in [0.15, 0.2) is 0 Å². The maximum atomic E-state index is 11.8. The number of H-pyrrole nitrogens is 1. The van der Waals surface area contributed by atoms with Crippen LogP contribution in [0, 0.1) is 11.8 Å². The number of rotatable bonds is 8. The summed E-state index contributed by atoms with van der Waals surface area (Å²) in [5, 5.41) is 28.2. The molecule has 3 aromatic rings. The summed E-state index contributed by atoms with van der Waals surface area (Å²) < 4.78 is 23.7. The van der Waals surface area contributed by atoms with Crippen LogP contribution in [0.3, 0.4) is 0 Å². The molecule has 38 heavy (non-hydrogen) atoms. The quantitative estimate of drug-likeness (QED) is 0.256. The zero-order chi connectivity index (χ0) is 27.1. The fourth-order valence-corrected chi connectivity index (χ4v) is 5.34. The molecule has 1 aliphatic rings. The monoisotopic (exact) mass is 537 g/mol. The molecule has 2 atom stereocenters. The van der Waals surface area contributed by atoms with E-state index in [-0.39, 0.29) is 30.5 Å². The maximum Gasteiger partial charge on any atom is 0.293 e. The summed E-state index contributed by atoms with van der Waals surface area (Å²) >= 11 is 0.